The van der Waals surface area contributed by atoms with E-state index in [1.165, 1.54) is 5.56 Å². The topological polar surface area (TPSA) is 75.3 Å². The third-order valence-electron chi connectivity index (χ3n) is 4.03. The molecule has 0 amide bonds. The highest BCUT2D eigenvalue weighted by Gasteiger charge is 2.13. The van der Waals surface area contributed by atoms with Crippen molar-refractivity contribution in [1.29, 1.82) is 0 Å². The van der Waals surface area contributed by atoms with Gasteiger partial charge in [0.25, 0.3) is 0 Å². The van der Waals surface area contributed by atoms with Crippen LogP contribution in [-0.4, -0.2) is 29.2 Å². The molecule has 2 rings (SSSR count). The van der Waals surface area contributed by atoms with Gasteiger partial charge in [0.15, 0.2) is 5.96 Å². The summed E-state index contributed by atoms with van der Waals surface area (Å²) in [5.41, 5.74) is 4.38. The Hall–Kier alpha value is -2.37. The van der Waals surface area contributed by atoms with Gasteiger partial charge in [-0.25, -0.2) is 4.99 Å². The molecule has 0 fully saturated rings. The molecule has 6 heteroatoms. The zero-order chi connectivity index (χ0) is 18.1. The second kappa shape index (κ2) is 9.81. The lowest BCUT2D eigenvalue weighted by molar-refractivity contribution is 0.380. The molecule has 2 aromatic rings. The molecule has 0 unspecified atom stereocenters. The van der Waals surface area contributed by atoms with E-state index in [0.29, 0.717) is 6.54 Å². The summed E-state index contributed by atoms with van der Waals surface area (Å²) < 4.78 is 5.41. The van der Waals surface area contributed by atoms with Crippen LogP contribution in [0.1, 0.15) is 49.0 Å². The molecule has 0 aromatic carbocycles. The van der Waals surface area contributed by atoms with Crippen molar-refractivity contribution < 1.29 is 4.52 Å². The average molecular weight is 343 g/mol. The highest BCUT2D eigenvalue weighted by Crippen LogP contribution is 2.16. The lowest BCUT2D eigenvalue weighted by Crippen LogP contribution is -2.38. The van der Waals surface area contributed by atoms with Gasteiger partial charge in [0.2, 0.25) is 0 Å². The van der Waals surface area contributed by atoms with Crippen molar-refractivity contribution in [1.82, 2.24) is 20.8 Å². The fourth-order valence-electron chi connectivity index (χ4n) is 2.59. The van der Waals surface area contributed by atoms with Gasteiger partial charge in [-0.15, -0.1) is 0 Å². The fraction of sp³-hybridized carbons (Fsp3) is 0.526. The Labute approximate surface area is 150 Å². The van der Waals surface area contributed by atoms with Crippen LogP contribution in [0.5, 0.6) is 0 Å². The van der Waals surface area contributed by atoms with Crippen LogP contribution in [0.25, 0.3) is 0 Å². The first-order valence-electron chi connectivity index (χ1n) is 9.07. The van der Waals surface area contributed by atoms with Crippen molar-refractivity contribution in [2.24, 2.45) is 4.99 Å². The van der Waals surface area contributed by atoms with Crippen LogP contribution in [0.3, 0.4) is 0 Å². The van der Waals surface area contributed by atoms with Gasteiger partial charge in [-0.3, -0.25) is 4.98 Å². The van der Waals surface area contributed by atoms with E-state index in [1.807, 2.05) is 19.2 Å². The number of pyridine rings is 1. The second-order valence-corrected chi connectivity index (χ2v) is 5.92. The summed E-state index contributed by atoms with van der Waals surface area (Å²) in [7, 11) is 0. The number of guanidine groups is 1. The van der Waals surface area contributed by atoms with E-state index in [4.69, 9.17) is 9.52 Å². The largest absolute Gasteiger partial charge is 0.361 e. The van der Waals surface area contributed by atoms with Crippen molar-refractivity contribution in [3.63, 3.8) is 0 Å². The molecule has 0 aliphatic rings. The van der Waals surface area contributed by atoms with Gasteiger partial charge in [-0.05, 0) is 38.3 Å². The molecule has 0 saturated carbocycles. The molecular weight excluding hydrogens is 314 g/mol. The number of aliphatic imine (C=N–C) groups is 1. The molecular formula is C19H29N5O. The van der Waals surface area contributed by atoms with Crippen LogP contribution in [-0.2, 0) is 25.8 Å². The molecule has 136 valence electrons. The normalized spacial score (nSPS) is 11.6. The van der Waals surface area contributed by atoms with Crippen LogP contribution >= 0.6 is 0 Å². The molecule has 2 heterocycles. The first-order chi connectivity index (χ1) is 12.2. The van der Waals surface area contributed by atoms with Gasteiger partial charge in [-0.2, -0.15) is 0 Å². The maximum atomic E-state index is 5.41. The first-order valence-corrected chi connectivity index (χ1v) is 9.07. The molecule has 2 aromatic heterocycles. The van der Waals surface area contributed by atoms with E-state index in [1.54, 1.807) is 0 Å². The SMILES string of the molecule is CCNC(=NCc1c(CC)noc1CC)NCCc1ccc(C)nc1. The highest BCUT2D eigenvalue weighted by molar-refractivity contribution is 5.79. The molecule has 0 atom stereocenters. The fourth-order valence-corrected chi connectivity index (χ4v) is 2.59. The van der Waals surface area contributed by atoms with Gasteiger partial charge < -0.3 is 15.2 Å². The van der Waals surface area contributed by atoms with Crippen LogP contribution in [0.4, 0.5) is 0 Å². The third kappa shape index (κ3) is 5.59. The number of hydrogen-bond acceptors (Lipinski definition) is 4. The predicted octanol–water partition coefficient (Wildman–Crippen LogP) is 2.80. The summed E-state index contributed by atoms with van der Waals surface area (Å²) in [5, 5.41) is 10.8. The van der Waals surface area contributed by atoms with Gasteiger partial charge >= 0.3 is 0 Å². The quantitative estimate of drug-likeness (QED) is 0.569. The maximum absolute atomic E-state index is 5.41. The van der Waals surface area contributed by atoms with Crippen LogP contribution in [0.2, 0.25) is 0 Å². The number of nitrogens with zero attached hydrogens (tertiary/aromatic N) is 3. The van der Waals surface area contributed by atoms with E-state index in [9.17, 15) is 0 Å². The minimum atomic E-state index is 0.581. The Bertz CT molecular complexity index is 654. The minimum absolute atomic E-state index is 0.581. The summed E-state index contributed by atoms with van der Waals surface area (Å²) in [6, 6.07) is 4.16. The van der Waals surface area contributed by atoms with Crippen molar-refractivity contribution in [2.75, 3.05) is 13.1 Å². The predicted molar refractivity (Wildman–Crippen MR) is 101 cm³/mol. The molecule has 0 radical (unpaired) electrons. The number of aromatic nitrogens is 2. The van der Waals surface area contributed by atoms with Gasteiger partial charge in [-0.1, -0.05) is 25.1 Å². The molecule has 0 bridgehead atoms. The zero-order valence-electron chi connectivity index (χ0n) is 15.7. The number of aryl methyl sites for hydroxylation is 3. The van der Waals surface area contributed by atoms with E-state index in [-0.39, 0.29) is 0 Å². The first kappa shape index (κ1) is 19.0. The van der Waals surface area contributed by atoms with Crippen molar-refractivity contribution in [2.45, 2.75) is 53.5 Å². The molecule has 2 N–H and O–H groups in total. The van der Waals surface area contributed by atoms with E-state index >= 15 is 0 Å². The zero-order valence-corrected chi connectivity index (χ0v) is 15.7. The molecule has 0 spiro atoms. The number of rotatable bonds is 8. The monoisotopic (exact) mass is 343 g/mol. The van der Waals surface area contributed by atoms with Crippen molar-refractivity contribution in [3.05, 3.63) is 46.6 Å². The second-order valence-electron chi connectivity index (χ2n) is 5.92. The molecule has 0 aliphatic heterocycles. The Balaban J connectivity index is 1.96. The Morgan fingerprint density at radius 3 is 2.64 bits per heavy atom. The van der Waals surface area contributed by atoms with Crippen LogP contribution in [0.15, 0.2) is 27.8 Å². The van der Waals surface area contributed by atoms with Crippen molar-refractivity contribution >= 4 is 5.96 Å². The highest BCUT2D eigenvalue weighted by atomic mass is 16.5. The maximum Gasteiger partial charge on any atom is 0.191 e. The standard InChI is InChI=1S/C19H29N5O/c1-5-17-16(18(6-2)25-24-17)13-23-19(20-7-3)21-11-10-15-9-8-14(4)22-12-15/h8-9,12H,5-7,10-11,13H2,1-4H3,(H2,20,21,23). The minimum Gasteiger partial charge on any atom is -0.361 e. The lowest BCUT2D eigenvalue weighted by Gasteiger charge is -2.11. The number of nitrogens with one attached hydrogen (secondary N) is 2. The van der Waals surface area contributed by atoms with Crippen molar-refractivity contribution in [3.8, 4) is 0 Å². The van der Waals surface area contributed by atoms with Gasteiger partial charge in [0.05, 0.1) is 12.2 Å². The molecule has 25 heavy (non-hydrogen) atoms. The molecule has 6 nitrogen and oxygen atoms in total. The summed E-state index contributed by atoms with van der Waals surface area (Å²) in [4.78, 5) is 9.03. The average Bonchev–Trinajstić information content (AvgIpc) is 3.03. The molecule has 0 aliphatic carbocycles. The third-order valence-corrected chi connectivity index (χ3v) is 4.03. The van der Waals surface area contributed by atoms with Gasteiger partial charge in [0, 0.05) is 37.0 Å². The molecule has 0 saturated heterocycles. The van der Waals surface area contributed by atoms with E-state index in [2.05, 4.69) is 47.6 Å². The smallest absolute Gasteiger partial charge is 0.191 e. The van der Waals surface area contributed by atoms with Crippen LogP contribution < -0.4 is 10.6 Å². The number of hydrogen-bond donors (Lipinski definition) is 2. The van der Waals surface area contributed by atoms with Gasteiger partial charge in [0.1, 0.15) is 5.76 Å². The Kier molecular flexibility index (Phi) is 7.44. The Morgan fingerprint density at radius 2 is 2.00 bits per heavy atom. The summed E-state index contributed by atoms with van der Waals surface area (Å²) in [6.45, 7) is 10.4. The summed E-state index contributed by atoms with van der Waals surface area (Å²) in [5.74, 6) is 1.75. The Morgan fingerprint density at radius 1 is 1.16 bits per heavy atom. The van der Waals surface area contributed by atoms with Crippen LogP contribution in [0, 0.1) is 6.92 Å². The van der Waals surface area contributed by atoms with E-state index < -0.39 is 0 Å². The summed E-state index contributed by atoms with van der Waals surface area (Å²) >= 11 is 0. The van der Waals surface area contributed by atoms with E-state index in [0.717, 1.165) is 61.0 Å². The summed E-state index contributed by atoms with van der Waals surface area (Å²) in [6.07, 6.45) is 4.53. The lowest BCUT2D eigenvalue weighted by atomic mass is 10.1.